The van der Waals surface area contributed by atoms with Crippen molar-refractivity contribution in [1.29, 1.82) is 0 Å². The van der Waals surface area contributed by atoms with Gasteiger partial charge in [-0.15, -0.1) is 0 Å². The van der Waals surface area contributed by atoms with Gasteiger partial charge in [-0.2, -0.15) is 0 Å². The zero-order valence-corrected chi connectivity index (χ0v) is 10.4. The summed E-state index contributed by atoms with van der Waals surface area (Å²) in [6.45, 7) is 0.427. The number of benzene rings is 1. The lowest BCUT2D eigenvalue weighted by Gasteiger charge is -2.21. The van der Waals surface area contributed by atoms with Gasteiger partial charge in [-0.25, -0.2) is 9.78 Å². The number of halogens is 1. The van der Waals surface area contributed by atoms with Crippen LogP contribution in [0.4, 0.5) is 10.6 Å². The second kappa shape index (κ2) is 4.44. The van der Waals surface area contributed by atoms with Gasteiger partial charge in [-0.1, -0.05) is 17.7 Å². The summed E-state index contributed by atoms with van der Waals surface area (Å²) in [6, 6.07) is 7.17. The van der Waals surface area contributed by atoms with Gasteiger partial charge in [0, 0.05) is 10.6 Å². The zero-order valence-electron chi connectivity index (χ0n) is 9.68. The largest absolute Gasteiger partial charge is 0.487 e. The maximum Gasteiger partial charge on any atom is 0.410 e. The molecule has 0 unspecified atom stereocenters. The normalized spacial score (nSPS) is 12.1. The van der Waals surface area contributed by atoms with Gasteiger partial charge in [0.15, 0.2) is 0 Å². The SMILES string of the molecule is O=C(O)Nc1cc2c(cn1)OCc1cc(Cl)ccc1-2. The molecule has 1 amide bonds. The Balaban J connectivity index is 2.10. The zero-order chi connectivity index (χ0) is 13.4. The minimum absolute atomic E-state index is 0.262. The summed E-state index contributed by atoms with van der Waals surface area (Å²) in [7, 11) is 0. The highest BCUT2D eigenvalue weighted by Crippen LogP contribution is 2.38. The fourth-order valence-corrected chi connectivity index (χ4v) is 2.24. The van der Waals surface area contributed by atoms with E-state index in [0.29, 0.717) is 17.4 Å². The van der Waals surface area contributed by atoms with Crippen molar-refractivity contribution in [1.82, 2.24) is 4.98 Å². The van der Waals surface area contributed by atoms with Gasteiger partial charge in [-0.3, -0.25) is 5.32 Å². The van der Waals surface area contributed by atoms with Crippen LogP contribution < -0.4 is 10.1 Å². The molecule has 19 heavy (non-hydrogen) atoms. The Kier molecular flexibility index (Phi) is 2.76. The van der Waals surface area contributed by atoms with Crippen LogP contribution in [0.5, 0.6) is 5.75 Å². The maximum absolute atomic E-state index is 10.6. The van der Waals surface area contributed by atoms with Gasteiger partial charge in [0.2, 0.25) is 0 Å². The Hall–Kier alpha value is -2.27. The van der Waals surface area contributed by atoms with E-state index < -0.39 is 6.09 Å². The van der Waals surface area contributed by atoms with E-state index in [1.54, 1.807) is 12.1 Å². The third-order valence-electron chi connectivity index (χ3n) is 2.84. The van der Waals surface area contributed by atoms with E-state index in [1.807, 2.05) is 12.1 Å². The molecule has 96 valence electrons. The predicted molar refractivity (Wildman–Crippen MR) is 70.7 cm³/mol. The van der Waals surface area contributed by atoms with Crippen LogP contribution in [0, 0.1) is 0 Å². The number of carboxylic acid groups (broad SMARTS) is 1. The fourth-order valence-electron chi connectivity index (χ4n) is 2.05. The van der Waals surface area contributed by atoms with Crippen LogP contribution in [0.3, 0.4) is 0 Å². The first-order chi connectivity index (χ1) is 9.13. The molecule has 1 aliphatic heterocycles. The van der Waals surface area contributed by atoms with Gasteiger partial charge in [0.25, 0.3) is 0 Å². The lowest BCUT2D eigenvalue weighted by atomic mass is 9.98. The van der Waals surface area contributed by atoms with Crippen molar-refractivity contribution in [2.45, 2.75) is 6.61 Å². The second-order valence-electron chi connectivity index (χ2n) is 4.09. The number of fused-ring (bicyclic) bond motifs is 3. The number of anilines is 1. The predicted octanol–water partition coefficient (Wildman–Crippen LogP) is 3.38. The monoisotopic (exact) mass is 276 g/mol. The number of nitrogens with zero attached hydrogens (tertiary/aromatic N) is 1. The van der Waals surface area contributed by atoms with Crippen LogP contribution in [0.25, 0.3) is 11.1 Å². The fraction of sp³-hybridized carbons (Fsp3) is 0.0769. The number of ether oxygens (including phenoxy) is 1. The summed E-state index contributed by atoms with van der Waals surface area (Å²) >= 11 is 5.95. The minimum atomic E-state index is -1.15. The number of aromatic nitrogens is 1. The molecule has 0 saturated carbocycles. The van der Waals surface area contributed by atoms with E-state index in [9.17, 15) is 4.79 Å². The first-order valence-electron chi connectivity index (χ1n) is 5.55. The number of rotatable bonds is 1. The highest BCUT2D eigenvalue weighted by molar-refractivity contribution is 6.30. The van der Waals surface area contributed by atoms with Gasteiger partial charge in [-0.05, 0) is 29.3 Å². The quantitative estimate of drug-likeness (QED) is 0.837. The molecule has 5 nitrogen and oxygen atoms in total. The third kappa shape index (κ3) is 2.20. The van der Waals surface area contributed by atoms with Crippen molar-refractivity contribution in [2.24, 2.45) is 0 Å². The maximum atomic E-state index is 10.6. The summed E-state index contributed by atoms with van der Waals surface area (Å²) < 4.78 is 5.57. The Morgan fingerprint density at radius 1 is 1.37 bits per heavy atom. The molecule has 2 heterocycles. The van der Waals surface area contributed by atoms with Crippen LogP contribution in [-0.4, -0.2) is 16.2 Å². The highest BCUT2D eigenvalue weighted by atomic mass is 35.5. The molecule has 1 aromatic carbocycles. The molecule has 0 atom stereocenters. The van der Waals surface area contributed by atoms with Crippen LogP contribution >= 0.6 is 11.6 Å². The van der Waals surface area contributed by atoms with Gasteiger partial charge < -0.3 is 9.84 Å². The van der Waals surface area contributed by atoms with E-state index in [1.165, 1.54) is 6.20 Å². The van der Waals surface area contributed by atoms with E-state index in [0.717, 1.165) is 16.7 Å². The number of carbonyl (C=O) groups is 1. The Morgan fingerprint density at radius 2 is 2.21 bits per heavy atom. The molecule has 0 fully saturated rings. The van der Waals surface area contributed by atoms with Crippen LogP contribution in [0.2, 0.25) is 5.02 Å². The standard InChI is InChI=1S/C13H9ClN2O3/c14-8-1-2-9-7(3-8)6-19-11-5-15-12(4-10(9)11)16-13(17)18/h1-5H,6H2,(H,15,16)(H,17,18). The molecule has 0 spiro atoms. The Morgan fingerprint density at radius 3 is 3.00 bits per heavy atom. The molecule has 6 heteroatoms. The van der Waals surface area contributed by atoms with E-state index in [2.05, 4.69) is 10.3 Å². The number of hydrogen-bond acceptors (Lipinski definition) is 3. The summed E-state index contributed by atoms with van der Waals surface area (Å²) in [5.74, 6) is 0.892. The first kappa shape index (κ1) is 11.8. The second-order valence-corrected chi connectivity index (χ2v) is 4.52. The average molecular weight is 277 g/mol. The number of nitrogens with one attached hydrogen (secondary N) is 1. The van der Waals surface area contributed by atoms with Gasteiger partial charge in [0.1, 0.15) is 18.2 Å². The van der Waals surface area contributed by atoms with E-state index >= 15 is 0 Å². The van der Waals surface area contributed by atoms with Crippen molar-refractivity contribution >= 4 is 23.5 Å². The van der Waals surface area contributed by atoms with E-state index in [-0.39, 0.29) is 5.82 Å². The molecule has 2 aromatic rings. The Labute approximate surface area is 113 Å². The lowest BCUT2D eigenvalue weighted by molar-refractivity contribution is 0.209. The lowest BCUT2D eigenvalue weighted by Crippen LogP contribution is -2.11. The molecule has 1 aliphatic rings. The van der Waals surface area contributed by atoms with Crippen molar-refractivity contribution < 1.29 is 14.6 Å². The molecule has 0 saturated heterocycles. The highest BCUT2D eigenvalue weighted by Gasteiger charge is 2.18. The smallest absolute Gasteiger partial charge is 0.410 e. The van der Waals surface area contributed by atoms with Crippen molar-refractivity contribution in [3.63, 3.8) is 0 Å². The summed E-state index contributed by atoms with van der Waals surface area (Å²) in [4.78, 5) is 14.6. The van der Waals surface area contributed by atoms with Crippen molar-refractivity contribution in [3.8, 4) is 16.9 Å². The number of pyridine rings is 1. The molecule has 0 aliphatic carbocycles. The van der Waals surface area contributed by atoms with Crippen molar-refractivity contribution in [3.05, 3.63) is 41.0 Å². The topological polar surface area (TPSA) is 71.5 Å². The minimum Gasteiger partial charge on any atom is -0.487 e. The van der Waals surface area contributed by atoms with E-state index in [4.69, 9.17) is 21.4 Å². The molecular weight excluding hydrogens is 268 g/mol. The molecule has 2 N–H and O–H groups in total. The summed E-state index contributed by atoms with van der Waals surface area (Å²) in [5.41, 5.74) is 2.74. The number of hydrogen-bond donors (Lipinski definition) is 2. The summed E-state index contributed by atoms with van der Waals surface area (Å²) in [6.07, 6.45) is 0.360. The summed E-state index contributed by atoms with van der Waals surface area (Å²) in [5, 5.41) is 11.6. The molecule has 0 radical (unpaired) electrons. The average Bonchev–Trinajstić information content (AvgIpc) is 2.37. The molecule has 3 rings (SSSR count). The first-order valence-corrected chi connectivity index (χ1v) is 5.93. The third-order valence-corrected chi connectivity index (χ3v) is 3.08. The molecular formula is C13H9ClN2O3. The van der Waals surface area contributed by atoms with Crippen LogP contribution in [-0.2, 0) is 6.61 Å². The Bertz CT molecular complexity index is 673. The number of amides is 1. The van der Waals surface area contributed by atoms with Crippen molar-refractivity contribution in [2.75, 3.05) is 5.32 Å². The van der Waals surface area contributed by atoms with Crippen LogP contribution in [0.15, 0.2) is 30.5 Å². The molecule has 1 aromatic heterocycles. The molecule has 0 bridgehead atoms. The van der Waals surface area contributed by atoms with Gasteiger partial charge in [0.05, 0.1) is 6.20 Å². The van der Waals surface area contributed by atoms with Crippen LogP contribution in [0.1, 0.15) is 5.56 Å². The van der Waals surface area contributed by atoms with Gasteiger partial charge >= 0.3 is 6.09 Å².